The Labute approximate surface area is 136 Å². The molecule has 1 fully saturated rings. The number of fused-ring (bicyclic) bond motifs is 1. The quantitative estimate of drug-likeness (QED) is 0.618. The highest BCUT2D eigenvalue weighted by Gasteiger charge is 2.49. The van der Waals surface area contributed by atoms with E-state index in [0.29, 0.717) is 5.75 Å². The van der Waals surface area contributed by atoms with E-state index in [-0.39, 0.29) is 28.9 Å². The first-order valence-electron chi connectivity index (χ1n) is 8.07. The maximum Gasteiger partial charge on any atom is 0.311 e. The summed E-state index contributed by atoms with van der Waals surface area (Å²) in [6, 6.07) is 3.35. The first-order valence-corrected chi connectivity index (χ1v) is 8.07. The highest BCUT2D eigenvalue weighted by molar-refractivity contribution is 5.59. The third-order valence-electron chi connectivity index (χ3n) is 4.70. The van der Waals surface area contributed by atoms with Gasteiger partial charge in [0.2, 0.25) is 5.75 Å². The molecular weight excluding hydrogens is 296 g/mol. The van der Waals surface area contributed by atoms with Gasteiger partial charge < -0.3 is 9.47 Å². The molecule has 1 saturated heterocycles. The van der Waals surface area contributed by atoms with Gasteiger partial charge in [-0.15, -0.1) is 0 Å². The third kappa shape index (κ3) is 2.70. The number of ether oxygens (including phenoxy) is 2. The minimum atomic E-state index is -0.518. The van der Waals surface area contributed by atoms with Gasteiger partial charge in [0.25, 0.3) is 0 Å². The number of nitro benzene ring substituents is 1. The average Bonchev–Trinajstić information content (AvgIpc) is 2.69. The number of benzene rings is 1. The second-order valence-corrected chi connectivity index (χ2v) is 7.22. The van der Waals surface area contributed by atoms with Crippen LogP contribution >= 0.6 is 0 Å². The Morgan fingerprint density at radius 3 is 2.43 bits per heavy atom. The molecule has 0 bridgehead atoms. The number of aryl methyl sites for hydroxylation is 1. The molecule has 0 amide bonds. The zero-order chi connectivity index (χ0) is 16.9. The molecule has 2 aliphatic heterocycles. The number of rotatable bonds is 2. The van der Waals surface area contributed by atoms with Crippen LogP contribution in [0.1, 0.15) is 44.9 Å². The van der Waals surface area contributed by atoms with Gasteiger partial charge in [0.05, 0.1) is 23.2 Å². The van der Waals surface area contributed by atoms with Crippen molar-refractivity contribution in [2.24, 2.45) is 0 Å². The van der Waals surface area contributed by atoms with Crippen molar-refractivity contribution in [2.75, 3.05) is 13.1 Å². The van der Waals surface area contributed by atoms with Gasteiger partial charge in [-0.3, -0.25) is 15.0 Å². The second kappa shape index (κ2) is 5.46. The van der Waals surface area contributed by atoms with Crippen LogP contribution in [0.2, 0.25) is 0 Å². The van der Waals surface area contributed by atoms with Gasteiger partial charge in [0.15, 0.2) is 0 Å². The Morgan fingerprint density at radius 2 is 1.87 bits per heavy atom. The normalized spacial score (nSPS) is 29.9. The van der Waals surface area contributed by atoms with Crippen LogP contribution in [-0.2, 0) is 4.74 Å². The standard InChI is InChI=1S/C17H24N2O4/c1-10-6-7-13(19(20)21)15-14(10)16(17(4,5)23-15)18-8-11(2)22-12(3)9-18/h6-7,11-12,16H,8-9H2,1-5H3/t11-,12+,16-/m1/s1. The lowest BCUT2D eigenvalue weighted by molar-refractivity contribution is -0.386. The van der Waals surface area contributed by atoms with Crippen molar-refractivity contribution in [3.05, 3.63) is 33.4 Å². The number of hydrogen-bond donors (Lipinski definition) is 0. The zero-order valence-electron chi connectivity index (χ0n) is 14.3. The van der Waals surface area contributed by atoms with E-state index in [1.807, 2.05) is 26.8 Å². The SMILES string of the molecule is Cc1ccc([N+](=O)[O-])c2c1[C@@H](N1C[C@@H](C)O[C@@H](C)C1)C(C)(C)O2. The zero-order valence-corrected chi connectivity index (χ0v) is 14.3. The van der Waals surface area contributed by atoms with Crippen molar-refractivity contribution in [3.8, 4) is 5.75 Å². The third-order valence-corrected chi connectivity index (χ3v) is 4.70. The maximum atomic E-state index is 11.4. The van der Waals surface area contributed by atoms with Crippen molar-refractivity contribution >= 4 is 5.69 Å². The van der Waals surface area contributed by atoms with Gasteiger partial charge in [0.1, 0.15) is 5.60 Å². The molecule has 3 atom stereocenters. The Balaban J connectivity index is 2.09. The van der Waals surface area contributed by atoms with Gasteiger partial charge in [-0.05, 0) is 40.2 Å². The number of morpholine rings is 1. The van der Waals surface area contributed by atoms with Crippen molar-refractivity contribution in [3.63, 3.8) is 0 Å². The number of nitro groups is 1. The highest BCUT2D eigenvalue weighted by atomic mass is 16.6. The Hall–Kier alpha value is -1.66. The fourth-order valence-corrected chi connectivity index (χ4v) is 3.99. The van der Waals surface area contributed by atoms with E-state index < -0.39 is 5.60 Å². The van der Waals surface area contributed by atoms with Crippen molar-refractivity contribution in [1.82, 2.24) is 4.90 Å². The minimum absolute atomic E-state index is 0.00815. The fraction of sp³-hybridized carbons (Fsp3) is 0.647. The molecule has 6 heteroatoms. The van der Waals surface area contributed by atoms with Gasteiger partial charge in [-0.2, -0.15) is 0 Å². The maximum absolute atomic E-state index is 11.4. The van der Waals surface area contributed by atoms with Crippen LogP contribution in [0.25, 0.3) is 0 Å². The molecule has 0 saturated carbocycles. The topological polar surface area (TPSA) is 64.8 Å². The summed E-state index contributed by atoms with van der Waals surface area (Å²) in [5, 5.41) is 11.4. The number of nitrogens with zero attached hydrogens (tertiary/aromatic N) is 2. The van der Waals surface area contributed by atoms with E-state index in [1.54, 1.807) is 0 Å². The monoisotopic (exact) mass is 320 g/mol. The van der Waals surface area contributed by atoms with Gasteiger partial charge in [0, 0.05) is 24.7 Å². The van der Waals surface area contributed by atoms with Crippen molar-refractivity contribution < 1.29 is 14.4 Å². The molecule has 6 nitrogen and oxygen atoms in total. The van der Waals surface area contributed by atoms with Crippen LogP contribution < -0.4 is 4.74 Å². The number of hydrogen-bond acceptors (Lipinski definition) is 5. The highest BCUT2D eigenvalue weighted by Crippen LogP contribution is 2.52. The minimum Gasteiger partial charge on any atom is -0.479 e. The van der Waals surface area contributed by atoms with Crippen molar-refractivity contribution in [2.45, 2.75) is 58.5 Å². The van der Waals surface area contributed by atoms with E-state index in [1.165, 1.54) is 6.07 Å². The summed E-state index contributed by atoms with van der Waals surface area (Å²) in [6.45, 7) is 11.7. The van der Waals surface area contributed by atoms with Crippen LogP contribution in [0.5, 0.6) is 5.75 Å². The van der Waals surface area contributed by atoms with Crippen LogP contribution in [-0.4, -0.2) is 40.7 Å². The van der Waals surface area contributed by atoms with Crippen LogP contribution in [0.15, 0.2) is 12.1 Å². The second-order valence-electron chi connectivity index (χ2n) is 7.22. The molecule has 0 N–H and O–H groups in total. The molecule has 0 spiro atoms. The Morgan fingerprint density at radius 1 is 1.26 bits per heavy atom. The summed E-state index contributed by atoms with van der Waals surface area (Å²) in [4.78, 5) is 13.4. The van der Waals surface area contributed by atoms with E-state index >= 15 is 0 Å². The summed E-state index contributed by atoms with van der Waals surface area (Å²) in [7, 11) is 0. The van der Waals surface area contributed by atoms with Crippen LogP contribution in [0.3, 0.4) is 0 Å². The van der Waals surface area contributed by atoms with E-state index in [9.17, 15) is 10.1 Å². The Bertz CT molecular complexity index is 634. The Kier molecular flexibility index (Phi) is 3.84. The molecule has 2 aliphatic rings. The molecule has 3 rings (SSSR count). The average molecular weight is 320 g/mol. The summed E-state index contributed by atoms with van der Waals surface area (Å²) >= 11 is 0. The lowest BCUT2D eigenvalue weighted by atomic mass is 9.89. The lowest BCUT2D eigenvalue weighted by Crippen LogP contribution is -2.51. The molecular formula is C17H24N2O4. The largest absolute Gasteiger partial charge is 0.479 e. The fourth-order valence-electron chi connectivity index (χ4n) is 3.99. The lowest BCUT2D eigenvalue weighted by Gasteiger charge is -2.42. The van der Waals surface area contributed by atoms with E-state index in [2.05, 4.69) is 18.7 Å². The molecule has 1 aromatic rings. The molecule has 0 aromatic heterocycles. The summed E-state index contributed by atoms with van der Waals surface area (Å²) < 4.78 is 11.9. The van der Waals surface area contributed by atoms with E-state index in [4.69, 9.17) is 9.47 Å². The molecule has 0 unspecified atom stereocenters. The van der Waals surface area contributed by atoms with Gasteiger partial charge >= 0.3 is 5.69 Å². The first-order chi connectivity index (χ1) is 10.7. The molecule has 2 heterocycles. The first kappa shape index (κ1) is 16.2. The summed E-state index contributed by atoms with van der Waals surface area (Å²) in [5.41, 5.74) is 1.52. The van der Waals surface area contributed by atoms with Gasteiger partial charge in [-0.1, -0.05) is 6.07 Å². The molecule has 126 valence electrons. The van der Waals surface area contributed by atoms with Crippen LogP contribution in [0.4, 0.5) is 5.69 Å². The smallest absolute Gasteiger partial charge is 0.311 e. The molecule has 0 aliphatic carbocycles. The van der Waals surface area contributed by atoms with Crippen molar-refractivity contribution in [1.29, 1.82) is 0 Å². The van der Waals surface area contributed by atoms with E-state index in [0.717, 1.165) is 24.2 Å². The van der Waals surface area contributed by atoms with Gasteiger partial charge in [-0.25, -0.2) is 0 Å². The predicted molar refractivity (Wildman–Crippen MR) is 86.9 cm³/mol. The molecule has 23 heavy (non-hydrogen) atoms. The molecule has 0 radical (unpaired) electrons. The van der Waals surface area contributed by atoms with Crippen LogP contribution in [0, 0.1) is 17.0 Å². The summed E-state index contributed by atoms with van der Waals surface area (Å²) in [6.07, 6.45) is 0.273. The summed E-state index contributed by atoms with van der Waals surface area (Å²) in [5.74, 6) is 0.428. The molecule has 1 aromatic carbocycles. The predicted octanol–water partition coefficient (Wildman–Crippen LogP) is 3.22.